The molecule has 2 aromatic heterocycles. The summed E-state index contributed by atoms with van der Waals surface area (Å²) in [5.74, 6) is -0.655. The van der Waals surface area contributed by atoms with Gasteiger partial charge < -0.3 is 11.1 Å². The molecule has 132 valence electrons. The van der Waals surface area contributed by atoms with Crippen molar-refractivity contribution in [3.8, 4) is 0 Å². The summed E-state index contributed by atoms with van der Waals surface area (Å²) in [7, 11) is 0. The summed E-state index contributed by atoms with van der Waals surface area (Å²) in [4.78, 5) is 36.8. The Morgan fingerprint density at radius 3 is 2.92 bits per heavy atom. The third-order valence-electron chi connectivity index (χ3n) is 4.27. The van der Waals surface area contributed by atoms with E-state index >= 15 is 0 Å². The van der Waals surface area contributed by atoms with Gasteiger partial charge in [-0.3, -0.25) is 19.8 Å². The molecule has 1 saturated heterocycles. The molecule has 1 unspecified atom stereocenters. The van der Waals surface area contributed by atoms with Crippen molar-refractivity contribution < 1.29 is 14.4 Å². The number of hydrogen-bond acceptors (Lipinski definition) is 5. The van der Waals surface area contributed by atoms with Crippen LogP contribution in [0.4, 0.5) is 4.79 Å². The number of fused-ring (bicyclic) bond motifs is 1. The van der Waals surface area contributed by atoms with E-state index in [-0.39, 0.29) is 12.5 Å². The van der Waals surface area contributed by atoms with Crippen molar-refractivity contribution in [3.63, 3.8) is 0 Å². The van der Waals surface area contributed by atoms with Crippen molar-refractivity contribution in [3.05, 3.63) is 36.2 Å². The summed E-state index contributed by atoms with van der Waals surface area (Å²) in [6, 6.07) is 4.66. The van der Waals surface area contributed by atoms with Crippen LogP contribution in [0.3, 0.4) is 0 Å². The Bertz CT molecular complexity index is 832. The van der Waals surface area contributed by atoms with Gasteiger partial charge in [0.1, 0.15) is 0 Å². The molecule has 3 heterocycles. The monoisotopic (exact) mass is 344 g/mol. The lowest BCUT2D eigenvalue weighted by Gasteiger charge is -2.26. The van der Waals surface area contributed by atoms with Crippen molar-refractivity contribution in [2.75, 3.05) is 19.6 Å². The van der Waals surface area contributed by atoms with E-state index in [1.807, 2.05) is 35.3 Å². The van der Waals surface area contributed by atoms with E-state index in [4.69, 9.17) is 5.73 Å². The average molecular weight is 344 g/mol. The predicted molar refractivity (Wildman–Crippen MR) is 89.8 cm³/mol. The molecule has 1 atom stereocenters. The molecule has 2 aromatic rings. The minimum atomic E-state index is -0.867. The number of urea groups is 1. The summed E-state index contributed by atoms with van der Waals surface area (Å²) >= 11 is 0. The van der Waals surface area contributed by atoms with Crippen LogP contribution in [0.5, 0.6) is 0 Å². The maximum Gasteiger partial charge on any atom is 0.318 e. The van der Waals surface area contributed by atoms with Gasteiger partial charge in [0.05, 0.1) is 29.4 Å². The van der Waals surface area contributed by atoms with E-state index in [1.165, 1.54) is 0 Å². The number of nitrogens with two attached hydrogens (primary N) is 1. The van der Waals surface area contributed by atoms with Crippen LogP contribution in [0.2, 0.25) is 0 Å². The van der Waals surface area contributed by atoms with Gasteiger partial charge in [-0.05, 0) is 25.5 Å². The average Bonchev–Trinajstić information content (AvgIpc) is 3.10. The lowest BCUT2D eigenvalue weighted by atomic mass is 10.0. The van der Waals surface area contributed by atoms with Crippen molar-refractivity contribution >= 4 is 23.4 Å². The summed E-state index contributed by atoms with van der Waals surface area (Å²) in [6.45, 7) is 3.13. The summed E-state index contributed by atoms with van der Waals surface area (Å²) < 4.78 is 1.65. The van der Waals surface area contributed by atoms with Crippen LogP contribution in [0.15, 0.2) is 30.6 Å². The van der Waals surface area contributed by atoms with Crippen LogP contribution in [0, 0.1) is 0 Å². The van der Waals surface area contributed by atoms with Gasteiger partial charge in [-0.15, -0.1) is 0 Å². The zero-order chi connectivity index (χ0) is 18.0. The normalized spacial score (nSPS) is 20.5. The van der Waals surface area contributed by atoms with Gasteiger partial charge in [0.2, 0.25) is 5.91 Å². The van der Waals surface area contributed by atoms with Crippen LogP contribution in [-0.2, 0) is 4.79 Å². The van der Waals surface area contributed by atoms with Gasteiger partial charge in [0, 0.05) is 19.3 Å². The summed E-state index contributed by atoms with van der Waals surface area (Å²) in [6.07, 6.45) is 4.02. The Morgan fingerprint density at radius 2 is 2.16 bits per heavy atom. The maximum atomic E-state index is 12.6. The highest BCUT2D eigenvalue weighted by Crippen LogP contribution is 2.21. The fourth-order valence-electron chi connectivity index (χ4n) is 3.12. The standard InChI is InChI=1S/C16H20N6O3/c1-16(5-7-21(10-16)9-13(23)19-15(17)25)20-14(24)11-8-18-22-6-3-2-4-12(11)22/h2-4,6,8H,5,7,9-10H2,1H3,(H,20,24)(H3,17,19,23,25). The topological polar surface area (TPSA) is 122 Å². The Morgan fingerprint density at radius 1 is 1.36 bits per heavy atom. The Labute approximate surface area is 144 Å². The van der Waals surface area contributed by atoms with Gasteiger partial charge in [0.15, 0.2) is 0 Å². The van der Waals surface area contributed by atoms with Crippen LogP contribution in [-0.4, -0.2) is 57.5 Å². The first kappa shape index (κ1) is 16.9. The van der Waals surface area contributed by atoms with Crippen molar-refractivity contribution in [2.45, 2.75) is 18.9 Å². The molecule has 0 aliphatic carbocycles. The quantitative estimate of drug-likeness (QED) is 0.704. The van der Waals surface area contributed by atoms with Crippen LogP contribution >= 0.6 is 0 Å². The molecule has 0 saturated carbocycles. The Hall–Kier alpha value is -2.94. The number of likely N-dealkylation sites (tertiary alicyclic amines) is 1. The third-order valence-corrected chi connectivity index (χ3v) is 4.27. The number of carbonyl (C=O) groups excluding carboxylic acids is 3. The second kappa shape index (κ2) is 6.52. The number of pyridine rings is 1. The summed E-state index contributed by atoms with van der Waals surface area (Å²) in [5, 5.41) is 9.24. The van der Waals surface area contributed by atoms with E-state index in [0.717, 1.165) is 5.52 Å². The van der Waals surface area contributed by atoms with Crippen LogP contribution < -0.4 is 16.4 Å². The highest BCUT2D eigenvalue weighted by atomic mass is 16.2. The molecule has 1 aliphatic heterocycles. The molecule has 1 fully saturated rings. The third kappa shape index (κ3) is 3.77. The first-order chi connectivity index (χ1) is 11.9. The molecule has 0 bridgehead atoms. The largest absolute Gasteiger partial charge is 0.351 e. The Balaban J connectivity index is 1.63. The number of rotatable bonds is 4. The number of primary amides is 1. The van der Waals surface area contributed by atoms with Crippen molar-refractivity contribution in [2.24, 2.45) is 5.73 Å². The molecule has 4 N–H and O–H groups in total. The van der Waals surface area contributed by atoms with E-state index in [9.17, 15) is 14.4 Å². The first-order valence-corrected chi connectivity index (χ1v) is 7.93. The molecule has 9 nitrogen and oxygen atoms in total. The molecular weight excluding hydrogens is 324 g/mol. The number of imide groups is 1. The molecule has 4 amide bonds. The number of carbonyl (C=O) groups is 3. The van der Waals surface area contributed by atoms with E-state index in [1.54, 1.807) is 16.9 Å². The van der Waals surface area contributed by atoms with Gasteiger partial charge in [-0.2, -0.15) is 5.10 Å². The van der Waals surface area contributed by atoms with Gasteiger partial charge >= 0.3 is 6.03 Å². The maximum absolute atomic E-state index is 12.6. The number of aromatic nitrogens is 2. The van der Waals surface area contributed by atoms with Gasteiger partial charge in [-0.1, -0.05) is 6.07 Å². The number of hydrogen-bond donors (Lipinski definition) is 3. The summed E-state index contributed by atoms with van der Waals surface area (Å²) in [5.41, 5.74) is 5.71. The molecule has 25 heavy (non-hydrogen) atoms. The lowest BCUT2D eigenvalue weighted by molar-refractivity contribution is -0.120. The van der Waals surface area contributed by atoms with Crippen LogP contribution in [0.25, 0.3) is 5.52 Å². The number of nitrogens with one attached hydrogen (secondary N) is 2. The van der Waals surface area contributed by atoms with Crippen LogP contribution in [0.1, 0.15) is 23.7 Å². The van der Waals surface area contributed by atoms with E-state index in [2.05, 4.69) is 10.4 Å². The fraction of sp³-hybridized carbons (Fsp3) is 0.375. The molecule has 0 aromatic carbocycles. The highest BCUT2D eigenvalue weighted by Gasteiger charge is 2.36. The van der Waals surface area contributed by atoms with Crippen molar-refractivity contribution in [1.29, 1.82) is 0 Å². The molecule has 1 aliphatic rings. The van der Waals surface area contributed by atoms with Gasteiger partial charge in [0.25, 0.3) is 5.91 Å². The SMILES string of the molecule is CC1(NC(=O)c2cnn3ccccc23)CCN(CC(=O)NC(N)=O)C1. The fourth-order valence-corrected chi connectivity index (χ4v) is 3.12. The zero-order valence-corrected chi connectivity index (χ0v) is 13.9. The number of amides is 4. The second-order valence-electron chi connectivity index (χ2n) is 6.48. The lowest BCUT2D eigenvalue weighted by Crippen LogP contribution is -2.49. The molecular formula is C16H20N6O3. The van der Waals surface area contributed by atoms with Gasteiger partial charge in [-0.25, -0.2) is 9.31 Å². The molecule has 0 radical (unpaired) electrons. The minimum Gasteiger partial charge on any atom is -0.351 e. The van der Waals surface area contributed by atoms with Crippen molar-refractivity contribution in [1.82, 2.24) is 25.1 Å². The number of nitrogens with zero attached hydrogens (tertiary/aromatic N) is 3. The highest BCUT2D eigenvalue weighted by molar-refractivity contribution is 6.01. The zero-order valence-electron chi connectivity index (χ0n) is 13.9. The molecule has 3 rings (SSSR count). The predicted octanol–water partition coefficient (Wildman–Crippen LogP) is -0.277. The van der Waals surface area contributed by atoms with E-state index < -0.39 is 17.5 Å². The second-order valence-corrected chi connectivity index (χ2v) is 6.48. The minimum absolute atomic E-state index is 0.0606. The molecule has 9 heteroatoms. The first-order valence-electron chi connectivity index (χ1n) is 7.93. The Kier molecular flexibility index (Phi) is 4.41. The smallest absolute Gasteiger partial charge is 0.318 e. The molecule has 0 spiro atoms. The van der Waals surface area contributed by atoms with E-state index in [0.29, 0.717) is 25.1 Å².